The summed E-state index contributed by atoms with van der Waals surface area (Å²) in [6.45, 7) is 5.97. The average molecular weight is 177 g/mol. The first-order valence-electron chi connectivity index (χ1n) is 4.67. The highest BCUT2D eigenvalue weighted by atomic mass is 16.1. The van der Waals surface area contributed by atoms with Crippen molar-refractivity contribution < 1.29 is 0 Å². The van der Waals surface area contributed by atoms with Crippen molar-refractivity contribution in [3.8, 4) is 0 Å². The molecule has 0 aliphatic heterocycles. The Labute approximate surface area is 78.3 Å². The van der Waals surface area contributed by atoms with E-state index in [2.05, 4.69) is 11.1 Å². The molecule has 0 spiro atoms. The standard InChI is InChI=1S/C9H9NO.C2H6/c1-6-2-3-7-4-5-10-9(11)8(6)7;1-2/h2,4-5H,3H2,1H3,(H,10,11);1-2H3. The van der Waals surface area contributed by atoms with E-state index in [1.54, 1.807) is 6.20 Å². The van der Waals surface area contributed by atoms with Crippen LogP contribution in [0.3, 0.4) is 0 Å². The van der Waals surface area contributed by atoms with Crippen molar-refractivity contribution in [2.75, 3.05) is 0 Å². The second-order valence-electron chi connectivity index (χ2n) is 2.80. The molecular formula is C11H15NO. The zero-order valence-corrected chi connectivity index (χ0v) is 8.35. The number of rotatable bonds is 0. The molecule has 0 radical (unpaired) electrons. The van der Waals surface area contributed by atoms with Crippen molar-refractivity contribution >= 4 is 5.57 Å². The Balaban J connectivity index is 0.000000396. The number of nitrogens with one attached hydrogen (secondary N) is 1. The van der Waals surface area contributed by atoms with Gasteiger partial charge in [0.1, 0.15) is 0 Å². The fourth-order valence-electron chi connectivity index (χ4n) is 1.49. The highest BCUT2D eigenvalue weighted by Crippen LogP contribution is 2.21. The van der Waals surface area contributed by atoms with Crippen molar-refractivity contribution in [2.45, 2.75) is 27.2 Å². The molecule has 0 saturated carbocycles. The normalized spacial score (nSPS) is 12.7. The Morgan fingerprint density at radius 1 is 1.38 bits per heavy atom. The van der Waals surface area contributed by atoms with Crippen LogP contribution in [-0.4, -0.2) is 4.98 Å². The van der Waals surface area contributed by atoms with Crippen LogP contribution in [0.1, 0.15) is 31.9 Å². The fourth-order valence-corrected chi connectivity index (χ4v) is 1.49. The molecule has 2 nitrogen and oxygen atoms in total. The number of H-pyrrole nitrogens is 1. The van der Waals surface area contributed by atoms with Gasteiger partial charge >= 0.3 is 0 Å². The number of hydrogen-bond donors (Lipinski definition) is 1. The Kier molecular flexibility index (Phi) is 3.07. The molecule has 0 saturated heterocycles. The van der Waals surface area contributed by atoms with Crippen LogP contribution in [0, 0.1) is 0 Å². The number of aromatic amines is 1. The van der Waals surface area contributed by atoms with Gasteiger partial charge in [0.05, 0.1) is 0 Å². The van der Waals surface area contributed by atoms with Crippen LogP contribution in [0.4, 0.5) is 0 Å². The van der Waals surface area contributed by atoms with Gasteiger partial charge in [0.25, 0.3) is 5.56 Å². The first-order chi connectivity index (χ1) is 6.29. The van der Waals surface area contributed by atoms with Crippen molar-refractivity contribution in [1.82, 2.24) is 4.98 Å². The average Bonchev–Trinajstić information content (AvgIpc) is 2.53. The first-order valence-corrected chi connectivity index (χ1v) is 4.67. The number of fused-ring (bicyclic) bond motifs is 1. The lowest BCUT2D eigenvalue weighted by Crippen LogP contribution is -2.10. The summed E-state index contributed by atoms with van der Waals surface area (Å²) in [6, 6.07) is 1.96. The second kappa shape index (κ2) is 4.08. The maximum Gasteiger partial charge on any atom is 0.255 e. The van der Waals surface area contributed by atoms with E-state index < -0.39 is 0 Å². The van der Waals surface area contributed by atoms with Gasteiger partial charge in [-0.3, -0.25) is 4.79 Å². The summed E-state index contributed by atoms with van der Waals surface area (Å²) >= 11 is 0. The van der Waals surface area contributed by atoms with Crippen LogP contribution in [0.5, 0.6) is 0 Å². The van der Waals surface area contributed by atoms with Gasteiger partial charge in [0.15, 0.2) is 0 Å². The predicted molar refractivity (Wildman–Crippen MR) is 55.8 cm³/mol. The maximum atomic E-state index is 11.2. The summed E-state index contributed by atoms with van der Waals surface area (Å²) in [7, 11) is 0. The molecule has 0 atom stereocenters. The number of allylic oxidation sites excluding steroid dienone is 2. The molecule has 1 aromatic heterocycles. The summed E-state index contributed by atoms with van der Waals surface area (Å²) in [5.74, 6) is 0. The SMILES string of the molecule is CC.CC1=CCc2cc[nH]c(=O)c21. The van der Waals surface area contributed by atoms with E-state index in [-0.39, 0.29) is 5.56 Å². The molecule has 0 unspecified atom stereocenters. The lowest BCUT2D eigenvalue weighted by molar-refractivity contribution is 1.17. The molecule has 1 aliphatic carbocycles. The van der Waals surface area contributed by atoms with E-state index in [1.807, 2.05) is 26.8 Å². The largest absolute Gasteiger partial charge is 0.329 e. The van der Waals surface area contributed by atoms with E-state index in [9.17, 15) is 4.79 Å². The van der Waals surface area contributed by atoms with Gasteiger partial charge in [-0.2, -0.15) is 0 Å². The Bertz CT molecular complexity index is 374. The van der Waals surface area contributed by atoms with Crippen molar-refractivity contribution in [3.05, 3.63) is 39.8 Å². The number of aromatic nitrogens is 1. The zero-order chi connectivity index (χ0) is 9.84. The third-order valence-corrected chi connectivity index (χ3v) is 2.07. The summed E-state index contributed by atoms with van der Waals surface area (Å²) in [6.07, 6.45) is 4.69. The number of pyridine rings is 1. The first kappa shape index (κ1) is 9.78. The lowest BCUT2D eigenvalue weighted by atomic mass is 10.1. The second-order valence-corrected chi connectivity index (χ2v) is 2.80. The van der Waals surface area contributed by atoms with Gasteiger partial charge in [-0.05, 0) is 30.5 Å². The highest BCUT2D eigenvalue weighted by Gasteiger charge is 2.12. The number of hydrogen-bond acceptors (Lipinski definition) is 1. The highest BCUT2D eigenvalue weighted by molar-refractivity contribution is 5.70. The van der Waals surface area contributed by atoms with Crippen LogP contribution in [0.25, 0.3) is 5.57 Å². The Morgan fingerprint density at radius 2 is 2.08 bits per heavy atom. The summed E-state index contributed by atoms with van der Waals surface area (Å²) in [4.78, 5) is 13.9. The molecule has 1 aliphatic rings. The third kappa shape index (κ3) is 1.72. The monoisotopic (exact) mass is 177 g/mol. The molecule has 2 heteroatoms. The van der Waals surface area contributed by atoms with E-state index >= 15 is 0 Å². The van der Waals surface area contributed by atoms with Crippen LogP contribution in [0.15, 0.2) is 23.1 Å². The van der Waals surface area contributed by atoms with Crippen molar-refractivity contribution in [1.29, 1.82) is 0 Å². The molecule has 0 amide bonds. The van der Waals surface area contributed by atoms with Crippen LogP contribution in [-0.2, 0) is 6.42 Å². The van der Waals surface area contributed by atoms with Crippen LogP contribution < -0.4 is 5.56 Å². The van der Waals surface area contributed by atoms with E-state index in [1.165, 1.54) is 0 Å². The topological polar surface area (TPSA) is 32.9 Å². The van der Waals surface area contributed by atoms with Gasteiger partial charge < -0.3 is 4.98 Å². The summed E-state index contributed by atoms with van der Waals surface area (Å²) in [5, 5.41) is 0. The van der Waals surface area contributed by atoms with Gasteiger partial charge in [-0.15, -0.1) is 0 Å². The third-order valence-electron chi connectivity index (χ3n) is 2.07. The van der Waals surface area contributed by atoms with Crippen LogP contribution in [0.2, 0.25) is 0 Å². The van der Waals surface area contributed by atoms with Crippen LogP contribution >= 0.6 is 0 Å². The summed E-state index contributed by atoms with van der Waals surface area (Å²) < 4.78 is 0. The molecular weight excluding hydrogens is 162 g/mol. The molecule has 13 heavy (non-hydrogen) atoms. The molecule has 1 aromatic rings. The minimum Gasteiger partial charge on any atom is -0.329 e. The van der Waals surface area contributed by atoms with Gasteiger partial charge in [-0.25, -0.2) is 0 Å². The van der Waals surface area contributed by atoms with E-state index in [4.69, 9.17) is 0 Å². The van der Waals surface area contributed by atoms with Crippen molar-refractivity contribution in [3.63, 3.8) is 0 Å². The Hall–Kier alpha value is -1.31. The molecule has 1 heterocycles. The lowest BCUT2D eigenvalue weighted by Gasteiger charge is -1.96. The van der Waals surface area contributed by atoms with Crippen molar-refractivity contribution in [2.24, 2.45) is 0 Å². The molecule has 0 aromatic carbocycles. The minimum atomic E-state index is 0.0359. The smallest absolute Gasteiger partial charge is 0.255 e. The van der Waals surface area contributed by atoms with Gasteiger partial charge in [0, 0.05) is 11.8 Å². The summed E-state index contributed by atoms with van der Waals surface area (Å²) in [5.41, 5.74) is 3.15. The van der Waals surface area contributed by atoms with Gasteiger partial charge in [-0.1, -0.05) is 19.9 Å². The maximum absolute atomic E-state index is 11.2. The fraction of sp³-hybridized carbons (Fsp3) is 0.364. The Morgan fingerprint density at radius 3 is 2.69 bits per heavy atom. The van der Waals surface area contributed by atoms with E-state index in [0.717, 1.165) is 23.1 Å². The molecule has 1 N–H and O–H groups in total. The molecule has 2 rings (SSSR count). The zero-order valence-electron chi connectivity index (χ0n) is 8.35. The molecule has 70 valence electrons. The molecule has 0 bridgehead atoms. The minimum absolute atomic E-state index is 0.0359. The predicted octanol–water partition coefficient (Wildman–Crippen LogP) is 2.36. The molecule has 0 fully saturated rings. The van der Waals surface area contributed by atoms with Gasteiger partial charge in [0.2, 0.25) is 0 Å². The van der Waals surface area contributed by atoms with E-state index in [0.29, 0.717) is 0 Å². The quantitative estimate of drug-likeness (QED) is 0.648.